The first-order valence-corrected chi connectivity index (χ1v) is 6.53. The Morgan fingerprint density at radius 3 is 2.76 bits per heavy atom. The number of rotatable bonds is 6. The number of carboxylic acid groups (broad SMARTS) is 1. The molecule has 6 nitrogen and oxygen atoms in total. The molecule has 1 aromatic carbocycles. The summed E-state index contributed by atoms with van der Waals surface area (Å²) in [6.45, 7) is -0.255. The van der Waals surface area contributed by atoms with Gasteiger partial charge in [-0.1, -0.05) is 22.9 Å². The SMILES string of the molecule is O=C(O)c1cccc(SC(F)F)c1COc1ccn(O)n1. The maximum Gasteiger partial charge on any atom is 0.336 e. The number of carbonyl (C=O) groups is 1. The van der Waals surface area contributed by atoms with Crippen molar-refractivity contribution >= 4 is 17.7 Å². The van der Waals surface area contributed by atoms with Gasteiger partial charge in [0.25, 0.3) is 5.76 Å². The lowest BCUT2D eigenvalue weighted by Gasteiger charge is -2.12. The number of halogens is 2. The number of thioether (sulfide) groups is 1. The van der Waals surface area contributed by atoms with E-state index in [1.807, 2.05) is 0 Å². The van der Waals surface area contributed by atoms with Crippen LogP contribution in [0.3, 0.4) is 0 Å². The van der Waals surface area contributed by atoms with E-state index in [1.54, 1.807) is 0 Å². The van der Waals surface area contributed by atoms with Gasteiger partial charge in [-0.3, -0.25) is 0 Å². The van der Waals surface area contributed by atoms with Gasteiger partial charge in [0.05, 0.1) is 11.8 Å². The molecule has 0 spiro atoms. The van der Waals surface area contributed by atoms with Crippen molar-refractivity contribution in [3.8, 4) is 5.88 Å². The molecule has 0 aliphatic carbocycles. The van der Waals surface area contributed by atoms with Crippen LogP contribution in [-0.2, 0) is 6.61 Å². The van der Waals surface area contributed by atoms with E-state index in [9.17, 15) is 13.6 Å². The second-order valence-corrected chi connectivity index (χ2v) is 4.86. The summed E-state index contributed by atoms with van der Waals surface area (Å²) in [4.78, 5) is 11.8. The van der Waals surface area contributed by atoms with Crippen LogP contribution in [0, 0.1) is 0 Å². The lowest BCUT2D eigenvalue weighted by Crippen LogP contribution is -2.08. The van der Waals surface area contributed by atoms with Crippen molar-refractivity contribution in [3.63, 3.8) is 0 Å². The van der Waals surface area contributed by atoms with Crippen LogP contribution < -0.4 is 4.74 Å². The monoisotopic (exact) mass is 316 g/mol. The third-order valence-corrected chi connectivity index (χ3v) is 3.31. The molecule has 2 aromatic rings. The summed E-state index contributed by atoms with van der Waals surface area (Å²) < 4.78 is 30.3. The van der Waals surface area contributed by atoms with Crippen molar-refractivity contribution < 1.29 is 28.6 Å². The molecule has 0 saturated heterocycles. The Morgan fingerprint density at radius 2 is 2.19 bits per heavy atom. The first-order chi connectivity index (χ1) is 9.97. The third kappa shape index (κ3) is 3.85. The summed E-state index contributed by atoms with van der Waals surface area (Å²) in [5, 5.41) is 21.6. The maximum atomic E-state index is 12.5. The van der Waals surface area contributed by atoms with Crippen molar-refractivity contribution in [1.82, 2.24) is 9.94 Å². The molecular weight excluding hydrogens is 306 g/mol. The first-order valence-electron chi connectivity index (χ1n) is 5.65. The Labute approximate surface area is 121 Å². The molecule has 2 N–H and O–H groups in total. The molecule has 112 valence electrons. The highest BCUT2D eigenvalue weighted by Crippen LogP contribution is 2.31. The fourth-order valence-electron chi connectivity index (χ4n) is 1.64. The smallest absolute Gasteiger partial charge is 0.336 e. The van der Waals surface area contributed by atoms with Crippen molar-refractivity contribution in [2.75, 3.05) is 0 Å². The molecule has 2 rings (SSSR count). The average Bonchev–Trinajstić information content (AvgIpc) is 2.82. The quantitative estimate of drug-likeness (QED) is 0.629. The number of ether oxygens (including phenoxy) is 1. The van der Waals surface area contributed by atoms with Crippen LogP contribution in [-0.4, -0.2) is 32.0 Å². The molecule has 0 aliphatic rings. The van der Waals surface area contributed by atoms with Crippen molar-refractivity contribution in [2.45, 2.75) is 17.3 Å². The highest BCUT2D eigenvalue weighted by Gasteiger charge is 2.18. The number of carboxylic acids is 1. The van der Waals surface area contributed by atoms with Crippen LogP contribution in [0.4, 0.5) is 8.78 Å². The normalized spacial score (nSPS) is 10.8. The molecule has 1 aromatic heterocycles. The summed E-state index contributed by atoms with van der Waals surface area (Å²) in [6, 6.07) is 5.44. The van der Waals surface area contributed by atoms with Gasteiger partial charge < -0.3 is 15.1 Å². The van der Waals surface area contributed by atoms with Crippen LogP contribution in [0.2, 0.25) is 0 Å². The zero-order valence-corrected chi connectivity index (χ0v) is 11.3. The highest BCUT2D eigenvalue weighted by atomic mass is 32.2. The first kappa shape index (κ1) is 15.1. The summed E-state index contributed by atoms with van der Waals surface area (Å²) in [7, 11) is 0. The zero-order valence-electron chi connectivity index (χ0n) is 10.4. The van der Waals surface area contributed by atoms with Gasteiger partial charge in [0, 0.05) is 16.5 Å². The molecule has 0 amide bonds. The largest absolute Gasteiger partial charge is 0.478 e. The minimum atomic E-state index is -2.68. The van der Waals surface area contributed by atoms with Crippen LogP contribution in [0.5, 0.6) is 5.88 Å². The Hall–Kier alpha value is -2.29. The predicted octanol–water partition coefficient (Wildman–Crippen LogP) is 2.71. The van der Waals surface area contributed by atoms with Crippen LogP contribution in [0.25, 0.3) is 0 Å². The van der Waals surface area contributed by atoms with E-state index >= 15 is 0 Å². The second-order valence-electron chi connectivity index (χ2n) is 3.83. The minimum absolute atomic E-state index is 0.0469. The summed E-state index contributed by atoms with van der Waals surface area (Å²) >= 11 is 0.245. The molecular formula is C12H10F2N2O4S. The topological polar surface area (TPSA) is 84.6 Å². The molecule has 21 heavy (non-hydrogen) atoms. The van der Waals surface area contributed by atoms with Crippen LogP contribution in [0.1, 0.15) is 15.9 Å². The van der Waals surface area contributed by atoms with Crippen LogP contribution >= 0.6 is 11.8 Å². The Morgan fingerprint density at radius 1 is 1.43 bits per heavy atom. The summed E-state index contributed by atoms with van der Waals surface area (Å²) in [5.41, 5.74) is 0.00636. The lowest BCUT2D eigenvalue weighted by atomic mass is 10.1. The fraction of sp³-hybridized carbons (Fsp3) is 0.167. The number of alkyl halides is 2. The standard InChI is InChI=1S/C12H10F2N2O4S/c13-12(14)21-9-3-1-2-7(11(17)18)8(9)6-20-10-4-5-16(19)15-10/h1-5,12,19H,6H2,(H,17,18). The summed E-state index contributed by atoms with van der Waals surface area (Å²) in [6.07, 6.45) is 1.22. The number of benzene rings is 1. The number of aromatic nitrogens is 2. The van der Waals surface area contributed by atoms with E-state index in [0.717, 1.165) is 0 Å². The maximum absolute atomic E-state index is 12.5. The van der Waals surface area contributed by atoms with Gasteiger partial charge in [0.1, 0.15) is 6.61 Å². The van der Waals surface area contributed by atoms with Gasteiger partial charge in [0.15, 0.2) is 0 Å². The molecule has 0 atom stereocenters. The van der Waals surface area contributed by atoms with E-state index < -0.39 is 11.7 Å². The highest BCUT2D eigenvalue weighted by molar-refractivity contribution is 7.99. The van der Waals surface area contributed by atoms with E-state index in [-0.39, 0.29) is 40.3 Å². The van der Waals surface area contributed by atoms with E-state index in [4.69, 9.17) is 15.1 Å². The third-order valence-electron chi connectivity index (χ3n) is 2.50. The zero-order chi connectivity index (χ0) is 15.4. The number of hydrogen-bond donors (Lipinski definition) is 2. The molecule has 9 heteroatoms. The summed E-state index contributed by atoms with van der Waals surface area (Å²) in [5.74, 6) is -3.87. The van der Waals surface area contributed by atoms with Crippen molar-refractivity contribution in [2.24, 2.45) is 0 Å². The van der Waals surface area contributed by atoms with E-state index in [2.05, 4.69) is 5.10 Å². The van der Waals surface area contributed by atoms with Gasteiger partial charge in [0.2, 0.25) is 5.88 Å². The molecule has 0 aliphatic heterocycles. The van der Waals surface area contributed by atoms with Gasteiger partial charge in [-0.25, -0.2) is 4.79 Å². The Balaban J connectivity index is 2.27. The molecule has 1 heterocycles. The van der Waals surface area contributed by atoms with Gasteiger partial charge in [-0.15, -0.1) is 4.85 Å². The minimum Gasteiger partial charge on any atom is -0.478 e. The second kappa shape index (κ2) is 6.44. The number of hydrogen-bond acceptors (Lipinski definition) is 5. The van der Waals surface area contributed by atoms with Gasteiger partial charge in [-0.05, 0) is 12.1 Å². The molecule has 0 saturated carbocycles. The number of nitrogens with zero attached hydrogens (tertiary/aromatic N) is 2. The van der Waals surface area contributed by atoms with Crippen molar-refractivity contribution in [1.29, 1.82) is 0 Å². The predicted molar refractivity (Wildman–Crippen MR) is 69.0 cm³/mol. The van der Waals surface area contributed by atoms with E-state index in [1.165, 1.54) is 30.5 Å². The molecule has 0 unspecified atom stereocenters. The number of aromatic carboxylic acids is 1. The average molecular weight is 316 g/mol. The van der Waals surface area contributed by atoms with Crippen molar-refractivity contribution in [3.05, 3.63) is 41.6 Å². The fourth-order valence-corrected chi connectivity index (χ4v) is 2.30. The Bertz CT molecular complexity index is 648. The van der Waals surface area contributed by atoms with E-state index in [0.29, 0.717) is 4.85 Å². The molecule has 0 bridgehead atoms. The Kier molecular flexibility index (Phi) is 4.63. The van der Waals surface area contributed by atoms with Gasteiger partial charge >= 0.3 is 5.97 Å². The van der Waals surface area contributed by atoms with Gasteiger partial charge in [-0.2, -0.15) is 8.78 Å². The molecule has 0 radical (unpaired) electrons. The lowest BCUT2D eigenvalue weighted by molar-refractivity contribution is 0.0693. The molecule has 0 fully saturated rings. The van der Waals surface area contributed by atoms with Crippen LogP contribution in [0.15, 0.2) is 35.4 Å².